The Morgan fingerprint density at radius 1 is 1.17 bits per heavy atom. The van der Waals surface area contributed by atoms with Gasteiger partial charge in [0, 0.05) is 22.9 Å². The number of dihydropyridines is 1. The average Bonchev–Trinajstić information content (AvgIpc) is 2.67. The highest BCUT2D eigenvalue weighted by molar-refractivity contribution is 6.12. The third-order valence-corrected chi connectivity index (χ3v) is 5.65. The summed E-state index contributed by atoms with van der Waals surface area (Å²) in [6.45, 7) is 7.64. The van der Waals surface area contributed by atoms with Crippen molar-refractivity contribution in [2.45, 2.75) is 40.0 Å². The van der Waals surface area contributed by atoms with E-state index < -0.39 is 23.8 Å². The van der Waals surface area contributed by atoms with Crippen LogP contribution in [0, 0.1) is 18.8 Å². The number of carbonyl (C=O) groups is 3. The summed E-state index contributed by atoms with van der Waals surface area (Å²) in [5, 5.41) is 3.24. The Labute approximate surface area is 171 Å². The molecule has 6 heteroatoms. The summed E-state index contributed by atoms with van der Waals surface area (Å²) in [6.07, 6.45) is 0.524. The molecule has 1 aliphatic heterocycles. The van der Waals surface area contributed by atoms with Crippen molar-refractivity contribution in [3.8, 4) is 0 Å². The molecule has 0 radical (unpaired) electrons. The summed E-state index contributed by atoms with van der Waals surface area (Å²) in [7, 11) is 1.29. The van der Waals surface area contributed by atoms with Crippen LogP contribution in [0.4, 0.5) is 0 Å². The molecule has 0 spiro atoms. The van der Waals surface area contributed by atoms with Gasteiger partial charge in [-0.3, -0.25) is 9.59 Å². The van der Waals surface area contributed by atoms with E-state index in [1.165, 1.54) is 7.11 Å². The first kappa shape index (κ1) is 20.8. The molecule has 1 N–H and O–H groups in total. The summed E-state index contributed by atoms with van der Waals surface area (Å²) in [6, 6.07) is 7.73. The average molecular weight is 397 g/mol. The van der Waals surface area contributed by atoms with Crippen molar-refractivity contribution >= 4 is 17.7 Å². The number of aryl methyl sites for hydroxylation is 1. The third-order valence-electron chi connectivity index (χ3n) is 5.65. The Kier molecular flexibility index (Phi) is 5.91. The Balaban J connectivity index is 2.18. The van der Waals surface area contributed by atoms with Gasteiger partial charge in [-0.15, -0.1) is 0 Å². The molecule has 0 saturated carbocycles. The highest BCUT2D eigenvalue weighted by atomic mass is 16.5. The van der Waals surface area contributed by atoms with Crippen LogP contribution in [0.3, 0.4) is 0 Å². The fourth-order valence-corrected chi connectivity index (χ4v) is 4.25. The van der Waals surface area contributed by atoms with Gasteiger partial charge < -0.3 is 14.8 Å². The van der Waals surface area contributed by atoms with Crippen LogP contribution in [-0.2, 0) is 23.9 Å². The number of hydrogen-bond donors (Lipinski definition) is 1. The second-order valence-corrected chi connectivity index (χ2v) is 7.67. The lowest BCUT2D eigenvalue weighted by atomic mass is 9.69. The predicted octanol–water partition coefficient (Wildman–Crippen LogP) is 3.17. The molecule has 0 saturated heterocycles. The van der Waals surface area contributed by atoms with Crippen molar-refractivity contribution in [3.63, 3.8) is 0 Å². The first-order valence-corrected chi connectivity index (χ1v) is 9.86. The van der Waals surface area contributed by atoms with Gasteiger partial charge in [0.15, 0.2) is 5.78 Å². The molecule has 1 aromatic carbocycles. The van der Waals surface area contributed by atoms with Crippen molar-refractivity contribution in [1.82, 2.24) is 5.32 Å². The highest BCUT2D eigenvalue weighted by Crippen LogP contribution is 2.45. The van der Waals surface area contributed by atoms with Crippen molar-refractivity contribution < 1.29 is 23.9 Å². The maximum absolute atomic E-state index is 13.5. The third kappa shape index (κ3) is 3.71. The summed E-state index contributed by atoms with van der Waals surface area (Å²) in [4.78, 5) is 38.7. The maximum Gasteiger partial charge on any atom is 0.336 e. The van der Waals surface area contributed by atoms with Gasteiger partial charge in [0.25, 0.3) is 0 Å². The van der Waals surface area contributed by atoms with Crippen molar-refractivity contribution in [1.29, 1.82) is 0 Å². The van der Waals surface area contributed by atoms with E-state index in [2.05, 4.69) is 5.32 Å². The summed E-state index contributed by atoms with van der Waals surface area (Å²) >= 11 is 0. The highest BCUT2D eigenvalue weighted by Gasteiger charge is 2.47. The van der Waals surface area contributed by atoms with E-state index in [1.807, 2.05) is 45.0 Å². The van der Waals surface area contributed by atoms with Crippen LogP contribution in [0.1, 0.15) is 44.2 Å². The topological polar surface area (TPSA) is 81.7 Å². The number of esters is 2. The monoisotopic (exact) mass is 397 g/mol. The van der Waals surface area contributed by atoms with Crippen molar-refractivity contribution in [2.24, 2.45) is 11.8 Å². The minimum absolute atomic E-state index is 0.197. The molecule has 1 aromatic rings. The van der Waals surface area contributed by atoms with Gasteiger partial charge in [0.05, 0.1) is 19.3 Å². The van der Waals surface area contributed by atoms with Gasteiger partial charge >= 0.3 is 11.9 Å². The molecule has 154 valence electrons. The van der Waals surface area contributed by atoms with E-state index >= 15 is 0 Å². The van der Waals surface area contributed by atoms with Gasteiger partial charge in [0.1, 0.15) is 5.92 Å². The molecule has 0 amide bonds. The van der Waals surface area contributed by atoms with Crippen molar-refractivity contribution in [3.05, 3.63) is 57.9 Å². The van der Waals surface area contributed by atoms with Gasteiger partial charge in [-0.25, -0.2) is 4.79 Å². The fourth-order valence-electron chi connectivity index (χ4n) is 4.25. The number of methoxy groups -OCH3 is 1. The normalized spacial score (nSPS) is 24.0. The molecule has 0 unspecified atom stereocenters. The summed E-state index contributed by atoms with van der Waals surface area (Å²) < 4.78 is 10.2. The lowest BCUT2D eigenvalue weighted by Crippen LogP contribution is -2.43. The van der Waals surface area contributed by atoms with E-state index in [-0.39, 0.29) is 18.3 Å². The van der Waals surface area contributed by atoms with E-state index in [9.17, 15) is 14.4 Å². The number of ketones is 1. The van der Waals surface area contributed by atoms with Crippen LogP contribution in [0.15, 0.2) is 46.8 Å². The van der Waals surface area contributed by atoms with Crippen LogP contribution in [0.25, 0.3) is 0 Å². The zero-order valence-electron chi connectivity index (χ0n) is 17.5. The number of carbonyl (C=O) groups excluding carboxylic acids is 3. The molecule has 2 aliphatic rings. The second kappa shape index (κ2) is 8.23. The Morgan fingerprint density at radius 2 is 1.83 bits per heavy atom. The number of benzene rings is 1. The van der Waals surface area contributed by atoms with Crippen molar-refractivity contribution in [2.75, 3.05) is 13.7 Å². The molecule has 3 rings (SSSR count). The van der Waals surface area contributed by atoms with Crippen LogP contribution >= 0.6 is 0 Å². The van der Waals surface area contributed by atoms with Gasteiger partial charge in [-0.05, 0) is 38.7 Å². The molecule has 3 atom stereocenters. The quantitative estimate of drug-likeness (QED) is 0.621. The van der Waals surface area contributed by atoms with E-state index in [4.69, 9.17) is 9.47 Å². The van der Waals surface area contributed by atoms with E-state index in [0.717, 1.165) is 16.8 Å². The SMILES string of the molecule is CCOC(=O)C1=C(C)NC2=C(C(=O)[C@H](C(=O)OC)[C@H](C)C2)[C@@H]1c1ccc(C)cc1. The standard InChI is InChI=1S/C23H27NO5/c1-6-29-23(27)18-14(4)24-16-11-13(3)17(22(26)28-5)21(25)20(16)19(18)15-9-7-12(2)8-10-15/h7-10,13,17,19,24H,6,11H2,1-5H3/t13-,17-,19-/m1/s1. The maximum atomic E-state index is 13.5. The number of rotatable bonds is 4. The first-order chi connectivity index (χ1) is 13.8. The zero-order valence-corrected chi connectivity index (χ0v) is 17.5. The smallest absolute Gasteiger partial charge is 0.336 e. The molecular formula is C23H27NO5. The fraction of sp³-hybridized carbons (Fsp3) is 0.435. The van der Waals surface area contributed by atoms with Gasteiger partial charge in [-0.1, -0.05) is 36.8 Å². The predicted molar refractivity (Wildman–Crippen MR) is 108 cm³/mol. The van der Waals surface area contributed by atoms with Crippen LogP contribution in [0.5, 0.6) is 0 Å². The summed E-state index contributed by atoms with van der Waals surface area (Å²) in [5.74, 6) is -2.96. The van der Waals surface area contributed by atoms with E-state index in [0.29, 0.717) is 23.3 Å². The zero-order chi connectivity index (χ0) is 21.3. The number of allylic oxidation sites excluding steroid dienone is 3. The molecule has 1 aliphatic carbocycles. The largest absolute Gasteiger partial charge is 0.468 e. The van der Waals surface area contributed by atoms with Gasteiger partial charge in [0.2, 0.25) is 0 Å². The first-order valence-electron chi connectivity index (χ1n) is 9.86. The minimum atomic E-state index is -0.879. The Hall–Kier alpha value is -2.89. The van der Waals surface area contributed by atoms with Crippen LogP contribution < -0.4 is 5.32 Å². The Morgan fingerprint density at radius 3 is 2.41 bits per heavy atom. The van der Waals surface area contributed by atoms with Gasteiger partial charge in [-0.2, -0.15) is 0 Å². The molecule has 0 fully saturated rings. The lowest BCUT2D eigenvalue weighted by Gasteiger charge is -2.38. The second-order valence-electron chi connectivity index (χ2n) is 7.67. The molecule has 0 aromatic heterocycles. The van der Waals surface area contributed by atoms with Crippen LogP contribution in [-0.4, -0.2) is 31.4 Å². The lowest BCUT2D eigenvalue weighted by molar-refractivity contribution is -0.151. The Bertz CT molecular complexity index is 910. The number of nitrogens with one attached hydrogen (secondary N) is 1. The summed E-state index contributed by atoms with van der Waals surface area (Å²) in [5.41, 5.74) is 4.19. The molecule has 1 heterocycles. The molecular weight excluding hydrogens is 370 g/mol. The molecule has 29 heavy (non-hydrogen) atoms. The number of Topliss-reactive ketones (excluding diaryl/α,β-unsaturated/α-hetero) is 1. The minimum Gasteiger partial charge on any atom is -0.468 e. The molecule has 6 nitrogen and oxygen atoms in total. The number of ether oxygens (including phenoxy) is 2. The molecule has 0 bridgehead atoms. The number of hydrogen-bond acceptors (Lipinski definition) is 6. The van der Waals surface area contributed by atoms with E-state index in [1.54, 1.807) is 6.92 Å². The van der Waals surface area contributed by atoms with Crippen LogP contribution in [0.2, 0.25) is 0 Å².